The van der Waals surface area contributed by atoms with Crippen molar-refractivity contribution in [3.05, 3.63) is 48.0 Å². The van der Waals surface area contributed by atoms with Gasteiger partial charge in [0, 0.05) is 5.56 Å². The van der Waals surface area contributed by atoms with E-state index in [1.165, 1.54) is 0 Å². The first-order valence-corrected chi connectivity index (χ1v) is 6.86. The third kappa shape index (κ3) is 5.41. The second-order valence-corrected chi connectivity index (χ2v) is 6.49. The lowest BCUT2D eigenvalue weighted by Crippen LogP contribution is -2.96. The van der Waals surface area contributed by atoms with Gasteiger partial charge in [-0.3, -0.25) is 10.1 Å². The highest BCUT2D eigenvalue weighted by Crippen LogP contribution is 2.27. The number of carbonyl (C=O) groups is 1. The van der Waals surface area contributed by atoms with Gasteiger partial charge in [0.2, 0.25) is 6.17 Å². The first-order valence-electron chi connectivity index (χ1n) is 5.73. The molecule has 0 fully saturated rings. The maximum absolute atomic E-state index is 12.1. The molecular formula is C13H16Cl3N2O+. The van der Waals surface area contributed by atoms with Gasteiger partial charge in [-0.05, 0) is 25.1 Å². The van der Waals surface area contributed by atoms with E-state index in [0.717, 1.165) is 5.56 Å². The Hall–Kier alpha value is -0.740. The van der Waals surface area contributed by atoms with Crippen LogP contribution in [-0.4, -0.2) is 22.4 Å². The van der Waals surface area contributed by atoms with Crippen molar-refractivity contribution in [3.8, 4) is 0 Å². The van der Waals surface area contributed by atoms with Crippen molar-refractivity contribution in [2.75, 3.05) is 6.54 Å². The van der Waals surface area contributed by atoms with Gasteiger partial charge < -0.3 is 5.32 Å². The Morgan fingerprint density at radius 3 is 2.74 bits per heavy atom. The summed E-state index contributed by atoms with van der Waals surface area (Å²) in [6.45, 7) is 6.03. The molecule has 3 N–H and O–H groups in total. The maximum atomic E-state index is 12.1. The molecule has 104 valence electrons. The summed E-state index contributed by atoms with van der Waals surface area (Å²) in [6, 6.07) is 7.21. The van der Waals surface area contributed by atoms with Gasteiger partial charge in [0.25, 0.3) is 9.70 Å². The minimum absolute atomic E-state index is 0.277. The van der Waals surface area contributed by atoms with Crippen molar-refractivity contribution in [2.24, 2.45) is 0 Å². The molecule has 6 heteroatoms. The van der Waals surface area contributed by atoms with Gasteiger partial charge in [-0.25, -0.2) is 0 Å². The number of benzene rings is 1. The van der Waals surface area contributed by atoms with Crippen LogP contribution in [0.2, 0.25) is 0 Å². The molecule has 1 atom stereocenters. The molecule has 0 heterocycles. The van der Waals surface area contributed by atoms with Crippen LogP contribution in [0.1, 0.15) is 15.9 Å². The van der Waals surface area contributed by atoms with Crippen LogP contribution in [0.25, 0.3) is 0 Å². The molecule has 0 unspecified atom stereocenters. The molecule has 19 heavy (non-hydrogen) atoms. The topological polar surface area (TPSA) is 45.7 Å². The number of carbonyl (C=O) groups excluding carboxylic acids is 1. The number of nitrogens with one attached hydrogen (secondary N) is 1. The molecule has 3 nitrogen and oxygen atoms in total. The Morgan fingerprint density at radius 1 is 1.53 bits per heavy atom. The fraction of sp³-hybridized carbons (Fsp3) is 0.308. The highest BCUT2D eigenvalue weighted by atomic mass is 35.6. The summed E-state index contributed by atoms with van der Waals surface area (Å²) >= 11 is 17.5. The molecule has 0 bridgehead atoms. The second kappa shape index (κ2) is 7.15. The summed E-state index contributed by atoms with van der Waals surface area (Å²) < 4.78 is -1.59. The van der Waals surface area contributed by atoms with Gasteiger partial charge in [0.15, 0.2) is 0 Å². The van der Waals surface area contributed by atoms with E-state index in [2.05, 4.69) is 11.9 Å². The van der Waals surface area contributed by atoms with Crippen LogP contribution in [0, 0.1) is 6.92 Å². The lowest BCUT2D eigenvalue weighted by Gasteiger charge is -2.22. The normalized spacial score (nSPS) is 12.8. The van der Waals surface area contributed by atoms with Crippen LogP contribution in [0.15, 0.2) is 36.9 Å². The van der Waals surface area contributed by atoms with Crippen LogP contribution in [-0.2, 0) is 0 Å². The number of amides is 1. The molecule has 0 aliphatic heterocycles. The largest absolute Gasteiger partial charge is 0.320 e. The number of hydrogen-bond donors (Lipinski definition) is 2. The summed E-state index contributed by atoms with van der Waals surface area (Å²) in [5, 5.41) is 4.40. The number of rotatable bonds is 5. The van der Waals surface area contributed by atoms with Crippen molar-refractivity contribution in [1.82, 2.24) is 5.32 Å². The van der Waals surface area contributed by atoms with E-state index in [1.807, 2.05) is 19.1 Å². The number of nitrogens with two attached hydrogens (primary N) is 1. The lowest BCUT2D eigenvalue weighted by atomic mass is 10.1. The maximum Gasteiger partial charge on any atom is 0.262 e. The van der Waals surface area contributed by atoms with Crippen LogP contribution in [0.4, 0.5) is 0 Å². The highest BCUT2D eigenvalue weighted by Gasteiger charge is 2.37. The quantitative estimate of drug-likeness (QED) is 0.487. The minimum Gasteiger partial charge on any atom is -0.320 e. The minimum atomic E-state index is -1.59. The van der Waals surface area contributed by atoms with E-state index < -0.39 is 9.96 Å². The van der Waals surface area contributed by atoms with Crippen molar-refractivity contribution in [1.29, 1.82) is 0 Å². The van der Waals surface area contributed by atoms with Gasteiger partial charge in [0.1, 0.15) is 0 Å². The van der Waals surface area contributed by atoms with Crippen LogP contribution < -0.4 is 10.6 Å². The van der Waals surface area contributed by atoms with Crippen molar-refractivity contribution >= 4 is 40.7 Å². The van der Waals surface area contributed by atoms with Gasteiger partial charge in [-0.2, -0.15) is 0 Å². The Balaban J connectivity index is 2.78. The Kier molecular flexibility index (Phi) is 6.14. The molecule has 1 aromatic rings. The Bertz CT molecular complexity index is 457. The van der Waals surface area contributed by atoms with Gasteiger partial charge >= 0.3 is 0 Å². The van der Waals surface area contributed by atoms with Crippen LogP contribution >= 0.6 is 34.8 Å². The van der Waals surface area contributed by atoms with Crippen LogP contribution in [0.5, 0.6) is 0 Å². The third-order valence-electron chi connectivity index (χ3n) is 2.46. The summed E-state index contributed by atoms with van der Waals surface area (Å²) in [6.07, 6.45) is 0.992. The fourth-order valence-corrected chi connectivity index (χ4v) is 1.95. The predicted octanol–water partition coefficient (Wildman–Crippen LogP) is 2.17. The SMILES string of the molecule is C=CC[NH2+][C@H](NC(=O)c1cccc(C)c1)C(Cl)(Cl)Cl. The molecule has 1 aromatic carbocycles. The zero-order valence-corrected chi connectivity index (χ0v) is 12.8. The van der Waals surface area contributed by atoms with Gasteiger partial charge in [0.05, 0.1) is 6.54 Å². The second-order valence-electron chi connectivity index (χ2n) is 4.12. The molecule has 0 saturated carbocycles. The van der Waals surface area contributed by atoms with E-state index in [-0.39, 0.29) is 5.91 Å². The van der Waals surface area contributed by atoms with Gasteiger partial charge in [-0.1, -0.05) is 59.1 Å². The summed E-state index contributed by atoms with van der Waals surface area (Å²) in [5.74, 6) is -0.277. The first-order chi connectivity index (χ1) is 8.84. The van der Waals surface area contributed by atoms with Crippen LogP contribution in [0.3, 0.4) is 0 Å². The highest BCUT2D eigenvalue weighted by molar-refractivity contribution is 6.68. The molecule has 0 saturated heterocycles. The zero-order valence-electron chi connectivity index (χ0n) is 10.5. The van der Waals surface area contributed by atoms with E-state index in [1.54, 1.807) is 23.5 Å². The monoisotopic (exact) mass is 321 g/mol. The van der Waals surface area contributed by atoms with Gasteiger partial charge in [-0.15, -0.1) is 0 Å². The zero-order chi connectivity index (χ0) is 14.5. The fourth-order valence-electron chi connectivity index (χ4n) is 1.52. The van der Waals surface area contributed by atoms with E-state index >= 15 is 0 Å². The van der Waals surface area contributed by atoms with Crippen molar-refractivity contribution in [2.45, 2.75) is 16.9 Å². The number of quaternary nitrogens is 1. The summed E-state index contributed by atoms with van der Waals surface area (Å²) in [4.78, 5) is 12.1. The van der Waals surface area contributed by atoms with E-state index in [4.69, 9.17) is 34.8 Å². The summed E-state index contributed by atoms with van der Waals surface area (Å²) in [7, 11) is 0. The lowest BCUT2D eigenvalue weighted by molar-refractivity contribution is -0.683. The number of aryl methyl sites for hydroxylation is 1. The smallest absolute Gasteiger partial charge is 0.262 e. The molecule has 0 spiro atoms. The van der Waals surface area contributed by atoms with Crippen molar-refractivity contribution < 1.29 is 10.1 Å². The molecular weight excluding hydrogens is 307 g/mol. The summed E-state index contributed by atoms with van der Waals surface area (Å²) in [5.41, 5.74) is 1.53. The van der Waals surface area contributed by atoms with Crippen molar-refractivity contribution in [3.63, 3.8) is 0 Å². The van der Waals surface area contributed by atoms with E-state index in [9.17, 15) is 4.79 Å². The molecule has 0 aliphatic rings. The molecule has 1 rings (SSSR count). The molecule has 1 amide bonds. The third-order valence-corrected chi connectivity index (χ3v) is 3.16. The standard InChI is InChI=1S/C13H15Cl3N2O/c1-3-7-17-12(13(14,15)16)18-11(19)10-6-4-5-9(2)8-10/h3-6,8,12,17H,1,7H2,2H3,(H,18,19)/p+1/t12-/m1/s1. The predicted molar refractivity (Wildman–Crippen MR) is 79.7 cm³/mol. The number of hydrogen-bond acceptors (Lipinski definition) is 1. The average molecular weight is 323 g/mol. The molecule has 0 aliphatic carbocycles. The first kappa shape index (κ1) is 16.3. The molecule has 0 radical (unpaired) electrons. The Morgan fingerprint density at radius 2 is 2.21 bits per heavy atom. The number of halogens is 3. The average Bonchev–Trinajstić information content (AvgIpc) is 2.32. The molecule has 0 aromatic heterocycles. The Labute approximate surface area is 127 Å². The van der Waals surface area contributed by atoms with E-state index in [0.29, 0.717) is 12.1 Å². The number of alkyl halides is 3.